The minimum atomic E-state index is -4.54. The Hall–Kier alpha value is -3.95. The van der Waals surface area contributed by atoms with E-state index >= 15 is 0 Å². The van der Waals surface area contributed by atoms with Gasteiger partial charge in [-0.05, 0) is 63.1 Å². The standard InChI is InChI=1S/C25H24F3N5O2/c1-13(2)33(12-20-14(3)7-15(4)31-23(20)34)24(35)18-8-17(9-21-19(18)11-30-32-21)16-5-6-22(29-10-16)25(26,27)28/h5-11,13H,12H2,1-4H3,(H,30,32)(H,31,34). The van der Waals surface area contributed by atoms with Gasteiger partial charge in [0, 0.05) is 34.4 Å². The van der Waals surface area contributed by atoms with E-state index in [1.807, 2.05) is 26.8 Å². The zero-order valence-electron chi connectivity index (χ0n) is 19.6. The highest BCUT2D eigenvalue weighted by molar-refractivity contribution is 6.07. The third-order valence-electron chi connectivity index (χ3n) is 5.88. The molecule has 0 aliphatic carbocycles. The molecule has 3 heterocycles. The molecule has 0 radical (unpaired) electrons. The minimum Gasteiger partial charge on any atom is -0.332 e. The maximum Gasteiger partial charge on any atom is 0.433 e. The summed E-state index contributed by atoms with van der Waals surface area (Å²) < 4.78 is 38.8. The number of hydrogen-bond acceptors (Lipinski definition) is 4. The van der Waals surface area contributed by atoms with E-state index in [0.29, 0.717) is 33.2 Å². The molecule has 0 spiro atoms. The maximum absolute atomic E-state index is 13.8. The van der Waals surface area contributed by atoms with Gasteiger partial charge >= 0.3 is 6.18 Å². The average Bonchev–Trinajstić information content (AvgIpc) is 3.25. The van der Waals surface area contributed by atoms with Crippen LogP contribution in [0.2, 0.25) is 0 Å². The van der Waals surface area contributed by atoms with E-state index in [-0.39, 0.29) is 24.1 Å². The summed E-state index contributed by atoms with van der Waals surface area (Å²) in [6, 6.07) is 7.16. The van der Waals surface area contributed by atoms with Gasteiger partial charge in [-0.3, -0.25) is 19.7 Å². The number of alkyl halides is 3. The first-order valence-corrected chi connectivity index (χ1v) is 11.0. The van der Waals surface area contributed by atoms with E-state index in [2.05, 4.69) is 20.2 Å². The Kier molecular flexibility index (Phi) is 6.23. The topological polar surface area (TPSA) is 94.7 Å². The summed E-state index contributed by atoms with van der Waals surface area (Å²) in [4.78, 5) is 34.3. The molecular formula is C25H24F3N5O2. The number of aromatic amines is 2. The van der Waals surface area contributed by atoms with E-state index in [0.717, 1.165) is 23.5 Å². The van der Waals surface area contributed by atoms with Crippen molar-refractivity contribution < 1.29 is 18.0 Å². The zero-order chi connectivity index (χ0) is 25.5. The molecule has 0 aliphatic heterocycles. The van der Waals surface area contributed by atoms with Crippen LogP contribution in [-0.4, -0.2) is 37.0 Å². The van der Waals surface area contributed by atoms with Gasteiger partial charge in [0.25, 0.3) is 11.5 Å². The second-order valence-corrected chi connectivity index (χ2v) is 8.75. The van der Waals surface area contributed by atoms with Gasteiger partial charge in [0.2, 0.25) is 0 Å². The summed E-state index contributed by atoms with van der Waals surface area (Å²) in [6.45, 7) is 7.43. The maximum atomic E-state index is 13.8. The molecule has 35 heavy (non-hydrogen) atoms. The third kappa shape index (κ3) is 4.82. The van der Waals surface area contributed by atoms with Crippen LogP contribution < -0.4 is 5.56 Å². The van der Waals surface area contributed by atoms with Crippen LogP contribution in [0.25, 0.3) is 22.0 Å². The van der Waals surface area contributed by atoms with Crippen molar-refractivity contribution in [2.24, 2.45) is 0 Å². The lowest BCUT2D eigenvalue weighted by atomic mass is 9.99. The molecule has 3 aromatic heterocycles. The molecule has 0 aliphatic rings. The summed E-state index contributed by atoms with van der Waals surface area (Å²) in [6.07, 6.45) is -1.89. The average molecular weight is 483 g/mol. The Morgan fingerprint density at radius 1 is 1.09 bits per heavy atom. The molecule has 0 saturated heterocycles. The Labute approximate surface area is 199 Å². The van der Waals surface area contributed by atoms with Crippen LogP contribution in [0, 0.1) is 13.8 Å². The number of carbonyl (C=O) groups excluding carboxylic acids is 1. The van der Waals surface area contributed by atoms with E-state index < -0.39 is 11.9 Å². The first kappa shape index (κ1) is 24.2. The molecule has 0 bridgehead atoms. The minimum absolute atomic E-state index is 0.101. The van der Waals surface area contributed by atoms with Crippen LogP contribution in [0.15, 0.2) is 47.5 Å². The van der Waals surface area contributed by atoms with Crippen molar-refractivity contribution in [2.75, 3.05) is 0 Å². The second-order valence-electron chi connectivity index (χ2n) is 8.75. The highest BCUT2D eigenvalue weighted by Crippen LogP contribution is 2.31. The molecule has 1 amide bonds. The molecule has 182 valence electrons. The number of fused-ring (bicyclic) bond motifs is 1. The summed E-state index contributed by atoms with van der Waals surface area (Å²) in [7, 11) is 0. The number of aromatic nitrogens is 4. The van der Waals surface area contributed by atoms with Crippen molar-refractivity contribution in [1.82, 2.24) is 25.1 Å². The number of aryl methyl sites for hydroxylation is 2. The molecule has 7 nitrogen and oxygen atoms in total. The number of halogens is 3. The van der Waals surface area contributed by atoms with E-state index in [9.17, 15) is 22.8 Å². The van der Waals surface area contributed by atoms with Crippen LogP contribution in [0.4, 0.5) is 13.2 Å². The van der Waals surface area contributed by atoms with Crippen molar-refractivity contribution in [2.45, 2.75) is 46.5 Å². The number of H-pyrrole nitrogens is 2. The fourth-order valence-corrected chi connectivity index (χ4v) is 4.02. The molecule has 1 aromatic carbocycles. The molecule has 2 N–H and O–H groups in total. The molecule has 4 aromatic rings. The molecule has 0 saturated carbocycles. The normalized spacial score (nSPS) is 11.9. The number of rotatable bonds is 5. The predicted octanol–water partition coefficient (Wildman–Crippen LogP) is 5.00. The highest BCUT2D eigenvalue weighted by Gasteiger charge is 2.32. The smallest absolute Gasteiger partial charge is 0.332 e. The van der Waals surface area contributed by atoms with E-state index in [4.69, 9.17) is 0 Å². The van der Waals surface area contributed by atoms with Gasteiger partial charge in [0.05, 0.1) is 23.8 Å². The number of pyridine rings is 2. The number of nitrogens with one attached hydrogen (secondary N) is 2. The van der Waals surface area contributed by atoms with Crippen molar-refractivity contribution in [3.8, 4) is 11.1 Å². The molecule has 0 atom stereocenters. The van der Waals surface area contributed by atoms with Crippen molar-refractivity contribution in [1.29, 1.82) is 0 Å². The lowest BCUT2D eigenvalue weighted by Crippen LogP contribution is -2.38. The molecule has 4 rings (SSSR count). The Morgan fingerprint density at radius 3 is 2.43 bits per heavy atom. The molecule has 10 heteroatoms. The van der Waals surface area contributed by atoms with Crippen molar-refractivity contribution in [3.63, 3.8) is 0 Å². The van der Waals surface area contributed by atoms with Crippen LogP contribution in [0.3, 0.4) is 0 Å². The van der Waals surface area contributed by atoms with Crippen molar-refractivity contribution in [3.05, 3.63) is 81.2 Å². The van der Waals surface area contributed by atoms with Gasteiger partial charge in [-0.15, -0.1) is 0 Å². The fraction of sp³-hybridized carbons (Fsp3) is 0.280. The molecular weight excluding hydrogens is 459 g/mol. The van der Waals surface area contributed by atoms with E-state index in [1.54, 1.807) is 24.0 Å². The quantitative estimate of drug-likeness (QED) is 0.418. The predicted molar refractivity (Wildman–Crippen MR) is 126 cm³/mol. The second kappa shape index (κ2) is 9.01. The van der Waals surface area contributed by atoms with Crippen molar-refractivity contribution >= 4 is 16.8 Å². The lowest BCUT2D eigenvalue weighted by molar-refractivity contribution is -0.141. The number of nitrogens with zero attached hydrogens (tertiary/aromatic N) is 3. The first-order valence-electron chi connectivity index (χ1n) is 11.0. The lowest BCUT2D eigenvalue weighted by Gasteiger charge is -2.28. The number of carbonyl (C=O) groups is 1. The van der Waals surface area contributed by atoms with Gasteiger partial charge in [-0.1, -0.05) is 6.07 Å². The number of benzene rings is 1. The van der Waals surface area contributed by atoms with E-state index in [1.165, 1.54) is 12.3 Å². The number of amides is 1. The molecule has 0 fully saturated rings. The van der Waals surface area contributed by atoms with Crippen LogP contribution >= 0.6 is 0 Å². The van der Waals surface area contributed by atoms with Crippen LogP contribution in [0.1, 0.15) is 46.7 Å². The van der Waals surface area contributed by atoms with Gasteiger partial charge < -0.3 is 9.88 Å². The zero-order valence-corrected chi connectivity index (χ0v) is 19.6. The first-order chi connectivity index (χ1) is 16.5. The van der Waals surface area contributed by atoms with Gasteiger partial charge in [-0.25, -0.2) is 0 Å². The molecule has 0 unspecified atom stereocenters. The monoisotopic (exact) mass is 483 g/mol. The Morgan fingerprint density at radius 2 is 1.83 bits per heavy atom. The summed E-state index contributed by atoms with van der Waals surface area (Å²) in [5, 5.41) is 7.43. The SMILES string of the molecule is Cc1cc(C)c(CN(C(=O)c2cc(-c3ccc(C(F)(F)F)nc3)cc3[nH]ncc23)C(C)C)c(=O)[nH]1. The third-order valence-corrected chi connectivity index (χ3v) is 5.88. The Balaban J connectivity index is 1.77. The highest BCUT2D eigenvalue weighted by atomic mass is 19.4. The van der Waals surface area contributed by atoms with Crippen LogP contribution in [0.5, 0.6) is 0 Å². The van der Waals surface area contributed by atoms with Gasteiger partial charge in [-0.2, -0.15) is 18.3 Å². The summed E-state index contributed by atoms with van der Waals surface area (Å²) in [5.41, 5.74) is 2.57. The van der Waals surface area contributed by atoms with Gasteiger partial charge in [0.15, 0.2) is 0 Å². The largest absolute Gasteiger partial charge is 0.433 e. The summed E-state index contributed by atoms with van der Waals surface area (Å²) >= 11 is 0. The van der Waals surface area contributed by atoms with Crippen LogP contribution in [-0.2, 0) is 12.7 Å². The number of hydrogen-bond donors (Lipinski definition) is 2. The van der Waals surface area contributed by atoms with Gasteiger partial charge in [0.1, 0.15) is 5.69 Å². The summed E-state index contributed by atoms with van der Waals surface area (Å²) in [5.74, 6) is -0.326. The Bertz CT molecular complexity index is 1450. The fourth-order valence-electron chi connectivity index (χ4n) is 4.02.